The molecule has 4 aliphatic rings. The van der Waals surface area contributed by atoms with Crippen molar-refractivity contribution in [2.24, 2.45) is 0 Å². The van der Waals surface area contributed by atoms with Crippen LogP contribution in [0.25, 0.3) is 11.1 Å². The molecule has 4 atom stereocenters. The van der Waals surface area contributed by atoms with Crippen LogP contribution in [0, 0.1) is 20.8 Å². The molecule has 0 N–H and O–H groups in total. The summed E-state index contributed by atoms with van der Waals surface area (Å²) in [5, 5.41) is 0. The quantitative estimate of drug-likeness (QED) is 0.175. The highest BCUT2D eigenvalue weighted by Gasteiger charge is 2.41. The van der Waals surface area contributed by atoms with Gasteiger partial charge in [-0.15, -0.1) is 0 Å². The van der Waals surface area contributed by atoms with Gasteiger partial charge in [0.05, 0.1) is 29.7 Å². The second-order valence-electron chi connectivity index (χ2n) is 15.0. The summed E-state index contributed by atoms with van der Waals surface area (Å²) < 4.78 is 0. The van der Waals surface area contributed by atoms with Crippen LogP contribution in [0.1, 0.15) is 146 Å². The van der Waals surface area contributed by atoms with E-state index < -0.39 is 0 Å². The molecule has 2 fully saturated rings. The van der Waals surface area contributed by atoms with Gasteiger partial charge in [-0.05, 0) is 108 Å². The molecule has 0 spiro atoms. The SMILES string of the molecule is CC.CC.CC.CC.CC.CC.CC.Cc1cccc2c1N1C(CN(C)[C@@H]1C)c1ccccc1-2.Cc1ccccc1N1CCN(C)[C@@H]1C.Cc1ccccc1N1c2ccccc2N(C)[C@@H]1C. The third-order valence-corrected chi connectivity index (χ3v) is 12.0. The van der Waals surface area contributed by atoms with Gasteiger partial charge in [-0.2, -0.15) is 0 Å². The highest BCUT2D eigenvalue weighted by Crippen LogP contribution is 2.50. The molecule has 2 saturated heterocycles. The van der Waals surface area contributed by atoms with Gasteiger partial charge in [0, 0.05) is 49.3 Å². The molecule has 4 aliphatic heterocycles. The van der Waals surface area contributed by atoms with Crippen molar-refractivity contribution in [1.29, 1.82) is 0 Å². The Kier molecular flexibility index (Phi) is 30.4. The smallest absolute Gasteiger partial charge is 0.103 e. The molecule has 5 aromatic rings. The molecule has 6 nitrogen and oxygen atoms in total. The van der Waals surface area contributed by atoms with Gasteiger partial charge >= 0.3 is 0 Å². The van der Waals surface area contributed by atoms with Crippen LogP contribution >= 0.6 is 0 Å². The highest BCUT2D eigenvalue weighted by atomic mass is 15.4. The van der Waals surface area contributed by atoms with E-state index in [2.05, 4.69) is 207 Å². The lowest BCUT2D eigenvalue weighted by molar-refractivity contribution is 0.329. The summed E-state index contributed by atoms with van der Waals surface area (Å²) >= 11 is 0. The zero-order valence-corrected chi connectivity index (χ0v) is 46.6. The van der Waals surface area contributed by atoms with Gasteiger partial charge in [-0.25, -0.2) is 0 Å². The van der Waals surface area contributed by atoms with Crippen molar-refractivity contribution in [2.45, 2.75) is 163 Å². The first-order valence-electron chi connectivity index (χ1n) is 25.9. The monoisotopic (exact) mass is 903 g/mol. The maximum absolute atomic E-state index is 2.60. The molecule has 0 aromatic heterocycles. The van der Waals surface area contributed by atoms with E-state index >= 15 is 0 Å². The summed E-state index contributed by atoms with van der Waals surface area (Å²) in [6.45, 7) is 44.8. The normalized spacial score (nSPS) is 17.8. The number of rotatable bonds is 2. The molecular weight excluding hydrogens is 805 g/mol. The Morgan fingerprint density at radius 2 is 0.833 bits per heavy atom. The molecule has 0 saturated carbocycles. The summed E-state index contributed by atoms with van der Waals surface area (Å²) in [6, 6.07) is 41.8. The minimum Gasteiger partial charge on any atom is -0.355 e. The van der Waals surface area contributed by atoms with E-state index in [9.17, 15) is 0 Å². The Morgan fingerprint density at radius 3 is 1.35 bits per heavy atom. The van der Waals surface area contributed by atoms with E-state index in [1.807, 2.05) is 96.9 Å². The van der Waals surface area contributed by atoms with Crippen LogP contribution in [0.2, 0.25) is 0 Å². The predicted octanol–water partition coefficient (Wildman–Crippen LogP) is 17.0. The maximum Gasteiger partial charge on any atom is 0.103 e. The van der Waals surface area contributed by atoms with Crippen LogP contribution in [0.3, 0.4) is 0 Å². The van der Waals surface area contributed by atoms with Crippen molar-refractivity contribution in [2.75, 3.05) is 60.4 Å². The number of anilines is 5. The number of nitrogens with zero attached hydrogens (tertiary/aromatic N) is 6. The molecule has 0 radical (unpaired) electrons. The summed E-state index contributed by atoms with van der Waals surface area (Å²) in [6.07, 6.45) is 1.33. The van der Waals surface area contributed by atoms with Crippen LogP contribution in [0.4, 0.5) is 28.4 Å². The van der Waals surface area contributed by atoms with E-state index in [4.69, 9.17) is 0 Å². The first-order chi connectivity index (χ1) is 32.1. The molecule has 66 heavy (non-hydrogen) atoms. The molecule has 5 aromatic carbocycles. The summed E-state index contributed by atoms with van der Waals surface area (Å²) in [5.74, 6) is 0. The van der Waals surface area contributed by atoms with Crippen molar-refractivity contribution in [1.82, 2.24) is 9.80 Å². The zero-order chi connectivity index (χ0) is 50.7. The third-order valence-electron chi connectivity index (χ3n) is 12.0. The Bertz CT molecular complexity index is 2020. The number of hydrogen-bond acceptors (Lipinski definition) is 6. The van der Waals surface area contributed by atoms with Gasteiger partial charge in [0.15, 0.2) is 0 Å². The van der Waals surface area contributed by atoms with Crippen molar-refractivity contribution in [3.05, 3.63) is 138 Å². The number of benzene rings is 5. The first-order valence-corrected chi connectivity index (χ1v) is 25.9. The molecule has 0 amide bonds. The van der Waals surface area contributed by atoms with Gasteiger partial charge in [0.25, 0.3) is 0 Å². The average molecular weight is 903 g/mol. The molecule has 0 aliphatic carbocycles. The van der Waals surface area contributed by atoms with E-state index in [0.717, 1.165) is 19.6 Å². The van der Waals surface area contributed by atoms with E-state index in [1.54, 1.807) is 0 Å². The van der Waals surface area contributed by atoms with E-state index in [0.29, 0.717) is 24.5 Å². The van der Waals surface area contributed by atoms with Crippen LogP contribution in [0.5, 0.6) is 0 Å². The lowest BCUT2D eigenvalue weighted by Crippen LogP contribution is -2.37. The fraction of sp³-hybridized carbons (Fsp3) is 0.500. The standard InChI is InChI=1S/C18H20N2.C16H18N2.C12H18N2.7C2H6/c1-12-7-6-10-16-14-8-4-5-9-15(14)17-11-19(3)13(2)20(17)18(12)16;1-12-8-4-5-9-14(12)18-13(2)17(3)15-10-6-7-11-16(15)18;1-10-6-4-5-7-12(10)14-9-8-13(3)11(14)2;7*1-2/h4-10,13,17H,11H2,1-3H3;4-11,13H,1-3H3;4-7,11H,8-9H2,1-3H3;7*1-2H3/t13-,17?;13-;11-;;;;;;;/m000......./s1. The van der Waals surface area contributed by atoms with Crippen LogP contribution in [-0.2, 0) is 0 Å². The molecular formula is C60H98N6. The molecule has 368 valence electrons. The van der Waals surface area contributed by atoms with Crippen LogP contribution < -0.4 is 19.6 Å². The number of aryl methyl sites for hydroxylation is 3. The molecule has 4 heterocycles. The lowest BCUT2D eigenvalue weighted by Gasteiger charge is -2.38. The number of para-hydroxylation sites is 5. The van der Waals surface area contributed by atoms with Crippen LogP contribution in [-0.4, -0.2) is 69.1 Å². The largest absolute Gasteiger partial charge is 0.355 e. The Labute approximate surface area is 408 Å². The number of likely N-dealkylation sites (N-methyl/N-ethyl adjacent to an activating group) is 2. The average Bonchev–Trinajstić information content (AvgIpc) is 3.98. The van der Waals surface area contributed by atoms with Gasteiger partial charge in [0.2, 0.25) is 0 Å². The topological polar surface area (TPSA) is 19.4 Å². The third kappa shape index (κ3) is 14.4. The van der Waals surface area contributed by atoms with Gasteiger partial charge < -0.3 is 19.6 Å². The lowest BCUT2D eigenvalue weighted by atomic mass is 9.87. The molecule has 0 bridgehead atoms. The number of hydrogen-bond donors (Lipinski definition) is 0. The summed E-state index contributed by atoms with van der Waals surface area (Å²) in [5.41, 5.74) is 15.0. The zero-order valence-electron chi connectivity index (χ0n) is 46.6. The Balaban J connectivity index is 0.000000854. The molecule has 9 rings (SSSR count). The van der Waals surface area contributed by atoms with E-state index in [1.165, 1.54) is 61.8 Å². The van der Waals surface area contributed by atoms with Crippen LogP contribution in [0.15, 0.2) is 115 Å². The molecule has 6 heteroatoms. The van der Waals surface area contributed by atoms with Gasteiger partial charge in [-0.3, -0.25) is 9.80 Å². The van der Waals surface area contributed by atoms with Gasteiger partial charge in [-0.1, -0.05) is 188 Å². The maximum atomic E-state index is 2.60. The predicted molar refractivity (Wildman–Crippen MR) is 302 cm³/mol. The Hall–Kier alpha value is -4.78. The fourth-order valence-electron chi connectivity index (χ4n) is 8.62. The van der Waals surface area contributed by atoms with Crippen molar-refractivity contribution < 1.29 is 0 Å². The fourth-order valence-corrected chi connectivity index (χ4v) is 8.62. The van der Waals surface area contributed by atoms with Crippen molar-refractivity contribution in [3.63, 3.8) is 0 Å². The van der Waals surface area contributed by atoms with Gasteiger partial charge in [0.1, 0.15) is 6.17 Å². The first kappa shape index (κ1) is 61.2. The minimum absolute atomic E-state index is 0.350. The van der Waals surface area contributed by atoms with Crippen molar-refractivity contribution in [3.8, 4) is 11.1 Å². The Morgan fingerprint density at radius 1 is 0.394 bits per heavy atom. The second kappa shape index (κ2) is 32.8. The van der Waals surface area contributed by atoms with E-state index in [-0.39, 0.29) is 0 Å². The number of fused-ring (bicyclic) bond motifs is 7. The minimum atomic E-state index is 0.350. The summed E-state index contributed by atoms with van der Waals surface area (Å²) in [4.78, 5) is 14.6. The highest BCUT2D eigenvalue weighted by molar-refractivity contribution is 5.87. The second-order valence-corrected chi connectivity index (χ2v) is 15.0. The summed E-state index contributed by atoms with van der Waals surface area (Å²) in [7, 11) is 6.56. The van der Waals surface area contributed by atoms with Crippen molar-refractivity contribution >= 4 is 28.4 Å². The molecule has 1 unspecified atom stereocenters.